The van der Waals surface area contributed by atoms with E-state index in [9.17, 15) is 13.6 Å². The van der Waals surface area contributed by atoms with Crippen LogP contribution in [0.2, 0.25) is 0 Å². The number of aromatic amines is 1. The van der Waals surface area contributed by atoms with Gasteiger partial charge in [0.1, 0.15) is 5.54 Å². The number of carbonyl (C=O) groups excluding carboxylic acids is 1. The van der Waals surface area contributed by atoms with Crippen LogP contribution >= 0.6 is 0 Å². The maximum absolute atomic E-state index is 13.6. The van der Waals surface area contributed by atoms with Crippen molar-refractivity contribution in [3.8, 4) is 11.1 Å². The number of halogens is 2. The molecule has 2 aromatic carbocycles. The predicted molar refractivity (Wildman–Crippen MR) is 115 cm³/mol. The number of alkyl halides is 2. The topological polar surface area (TPSA) is 75.9 Å². The Bertz CT molecular complexity index is 1260. The highest BCUT2D eigenvalue weighted by Crippen LogP contribution is 2.33. The van der Waals surface area contributed by atoms with Crippen molar-refractivity contribution in [2.45, 2.75) is 32.2 Å². The molecule has 4 rings (SSSR count). The van der Waals surface area contributed by atoms with Gasteiger partial charge in [0.15, 0.2) is 0 Å². The highest BCUT2D eigenvalue weighted by Gasteiger charge is 2.38. The number of fused-ring (bicyclic) bond motifs is 1. The zero-order valence-electron chi connectivity index (χ0n) is 17.3. The molecule has 2 aromatic heterocycles. The monoisotopic (exact) mass is 421 g/mol. The van der Waals surface area contributed by atoms with Crippen molar-refractivity contribution in [1.82, 2.24) is 20.0 Å². The average Bonchev–Trinajstić information content (AvgIpc) is 3.42. The predicted octanol–water partition coefficient (Wildman–Crippen LogP) is 4.83. The van der Waals surface area contributed by atoms with Crippen LogP contribution in [-0.4, -0.2) is 37.5 Å². The van der Waals surface area contributed by atoms with Crippen LogP contribution in [0, 0.1) is 0 Å². The first-order valence-electron chi connectivity index (χ1n) is 9.72. The smallest absolute Gasteiger partial charge is 0.285 e. The Balaban J connectivity index is 1.89. The maximum Gasteiger partial charge on any atom is 0.324 e. The lowest BCUT2D eigenvalue weighted by molar-refractivity contribution is -0.139. The Kier molecular flexibility index (Phi) is 5.00. The molecule has 0 fully saturated rings. The summed E-state index contributed by atoms with van der Waals surface area (Å²) in [4.78, 5) is 15.8. The molecule has 158 valence electrons. The van der Waals surface area contributed by atoms with Gasteiger partial charge in [0.05, 0.1) is 23.6 Å². The van der Waals surface area contributed by atoms with E-state index in [1.165, 1.54) is 0 Å². The zero-order chi connectivity index (χ0) is 22.2. The lowest BCUT2D eigenvalue weighted by Crippen LogP contribution is -2.41. The fourth-order valence-electron chi connectivity index (χ4n) is 3.58. The minimum absolute atomic E-state index is 0.217. The van der Waals surface area contributed by atoms with Gasteiger partial charge in [-0.3, -0.25) is 9.89 Å². The Morgan fingerprint density at radius 1 is 1.06 bits per heavy atom. The van der Waals surface area contributed by atoms with E-state index in [2.05, 4.69) is 20.3 Å². The molecular weight excluding hydrogens is 400 g/mol. The molecular formula is C23H21F2N5O. The van der Waals surface area contributed by atoms with Crippen LogP contribution in [0.3, 0.4) is 0 Å². The van der Waals surface area contributed by atoms with Gasteiger partial charge >= 0.3 is 11.8 Å². The molecule has 2 heterocycles. The molecule has 1 atom stereocenters. The molecule has 0 bridgehead atoms. The minimum atomic E-state index is -3.55. The lowest BCUT2D eigenvalue weighted by atomic mass is 9.87. The molecule has 0 aliphatic heterocycles. The molecule has 0 saturated carbocycles. The summed E-state index contributed by atoms with van der Waals surface area (Å²) in [6.45, 7) is 3.94. The van der Waals surface area contributed by atoms with Crippen molar-refractivity contribution in [3.05, 3.63) is 72.7 Å². The molecule has 1 N–H and O–H groups in total. The summed E-state index contributed by atoms with van der Waals surface area (Å²) in [5, 5.41) is 12.2. The number of hydrogen-bond donors (Lipinski definition) is 1. The summed E-state index contributed by atoms with van der Waals surface area (Å²) in [5.74, 6) is -5.03. The minimum Gasteiger partial charge on any atom is -0.285 e. The lowest BCUT2D eigenvalue weighted by Gasteiger charge is -2.32. The van der Waals surface area contributed by atoms with E-state index < -0.39 is 17.4 Å². The van der Waals surface area contributed by atoms with Crippen molar-refractivity contribution in [3.63, 3.8) is 0 Å². The number of rotatable bonds is 5. The first-order valence-corrected chi connectivity index (χ1v) is 9.72. The largest absolute Gasteiger partial charge is 0.324 e. The van der Waals surface area contributed by atoms with Crippen LogP contribution in [0.25, 0.3) is 22.0 Å². The number of nitrogens with one attached hydrogen (secondary N) is 1. The summed E-state index contributed by atoms with van der Waals surface area (Å²) in [7, 11) is 0. The molecule has 0 aliphatic carbocycles. The van der Waals surface area contributed by atoms with Gasteiger partial charge in [-0.1, -0.05) is 36.4 Å². The van der Waals surface area contributed by atoms with Crippen LogP contribution in [0.5, 0.6) is 0 Å². The molecule has 0 unspecified atom stereocenters. The second-order valence-electron chi connectivity index (χ2n) is 7.65. The Morgan fingerprint density at radius 2 is 1.81 bits per heavy atom. The summed E-state index contributed by atoms with van der Waals surface area (Å²) in [6.07, 6.45) is 5.24. The van der Waals surface area contributed by atoms with Crippen LogP contribution < -0.4 is 0 Å². The van der Waals surface area contributed by atoms with Gasteiger partial charge in [0, 0.05) is 24.1 Å². The SMILES string of the molecule is CC(=NC(=O)C(C)(F)F)[C@](C)(c1ccccc1)n1ncc2cc(-c3cn[nH]c3)ccc21. The number of H-pyrrole nitrogens is 1. The Hall–Kier alpha value is -3.68. The first-order chi connectivity index (χ1) is 14.7. The number of carbonyl (C=O) groups is 1. The fourth-order valence-corrected chi connectivity index (χ4v) is 3.58. The van der Waals surface area contributed by atoms with Crippen LogP contribution in [-0.2, 0) is 10.3 Å². The van der Waals surface area contributed by atoms with Gasteiger partial charge in [0.2, 0.25) is 0 Å². The molecule has 4 aromatic rings. The summed E-state index contributed by atoms with van der Waals surface area (Å²) >= 11 is 0. The molecule has 31 heavy (non-hydrogen) atoms. The standard InChI is InChI=1S/C23H21F2N5O/c1-15(29-21(31)23(3,24)25)22(2,19-7-5-4-6-8-19)30-20-10-9-16(11-17(20)14-28-30)18-12-26-27-13-18/h4-14H,1-3H3,(H,26,27)/t22-/m1/s1. The van der Waals surface area contributed by atoms with Crippen molar-refractivity contribution < 1.29 is 13.6 Å². The van der Waals surface area contributed by atoms with Gasteiger partial charge in [-0.2, -0.15) is 19.0 Å². The third kappa shape index (κ3) is 3.65. The molecule has 0 spiro atoms. The zero-order valence-corrected chi connectivity index (χ0v) is 17.3. The number of hydrogen-bond acceptors (Lipinski definition) is 3. The van der Waals surface area contributed by atoms with E-state index in [1.54, 1.807) is 30.2 Å². The van der Waals surface area contributed by atoms with Gasteiger partial charge in [-0.05, 0) is 37.1 Å². The Morgan fingerprint density at radius 3 is 2.45 bits per heavy atom. The molecule has 0 radical (unpaired) electrons. The Labute approximate surface area is 177 Å². The van der Waals surface area contributed by atoms with Gasteiger partial charge in [0.25, 0.3) is 0 Å². The summed E-state index contributed by atoms with van der Waals surface area (Å²) in [6, 6.07) is 15.1. The highest BCUT2D eigenvalue weighted by molar-refractivity contribution is 6.03. The van der Waals surface area contributed by atoms with E-state index in [-0.39, 0.29) is 5.71 Å². The van der Waals surface area contributed by atoms with E-state index in [0.717, 1.165) is 27.6 Å². The van der Waals surface area contributed by atoms with Crippen molar-refractivity contribution in [2.75, 3.05) is 0 Å². The number of nitrogens with zero attached hydrogens (tertiary/aromatic N) is 4. The van der Waals surface area contributed by atoms with Gasteiger partial charge in [-0.15, -0.1) is 0 Å². The van der Waals surface area contributed by atoms with Crippen LogP contribution in [0.15, 0.2) is 72.1 Å². The summed E-state index contributed by atoms with van der Waals surface area (Å²) in [5.41, 5.74) is 2.62. The quantitative estimate of drug-likeness (QED) is 0.469. The molecule has 1 amide bonds. The second kappa shape index (κ2) is 7.54. The van der Waals surface area contributed by atoms with Crippen molar-refractivity contribution in [2.24, 2.45) is 4.99 Å². The molecule has 8 heteroatoms. The highest BCUT2D eigenvalue weighted by atomic mass is 19.3. The maximum atomic E-state index is 13.6. The van der Waals surface area contributed by atoms with E-state index >= 15 is 0 Å². The fraction of sp³-hybridized carbons (Fsp3) is 0.217. The number of aliphatic imine (C=N–C) groups is 1. The second-order valence-corrected chi connectivity index (χ2v) is 7.65. The summed E-state index contributed by atoms with van der Waals surface area (Å²) < 4.78 is 28.8. The number of benzene rings is 2. The third-order valence-electron chi connectivity index (χ3n) is 5.51. The molecule has 0 aliphatic rings. The van der Waals surface area contributed by atoms with Gasteiger partial charge in [-0.25, -0.2) is 9.67 Å². The number of aromatic nitrogens is 4. The first kappa shape index (κ1) is 20.6. The van der Waals surface area contributed by atoms with E-state index in [1.807, 2.05) is 55.5 Å². The molecule has 0 saturated heterocycles. The van der Waals surface area contributed by atoms with Gasteiger partial charge < -0.3 is 0 Å². The van der Waals surface area contributed by atoms with Crippen LogP contribution in [0.1, 0.15) is 26.3 Å². The molecule has 6 nitrogen and oxygen atoms in total. The average molecular weight is 421 g/mol. The van der Waals surface area contributed by atoms with E-state index in [0.29, 0.717) is 6.92 Å². The number of amides is 1. The van der Waals surface area contributed by atoms with E-state index in [4.69, 9.17) is 0 Å². The van der Waals surface area contributed by atoms with Crippen LogP contribution in [0.4, 0.5) is 8.78 Å². The third-order valence-corrected chi connectivity index (χ3v) is 5.51. The van der Waals surface area contributed by atoms with Crippen molar-refractivity contribution >= 4 is 22.5 Å². The van der Waals surface area contributed by atoms with Crippen molar-refractivity contribution in [1.29, 1.82) is 0 Å². The normalized spacial score (nSPS) is 14.5.